The molecule has 0 aliphatic heterocycles. The third-order valence-electron chi connectivity index (χ3n) is 2.55. The zero-order valence-electron chi connectivity index (χ0n) is 10.2. The van der Waals surface area contributed by atoms with Crippen LogP contribution in [0.1, 0.15) is 11.3 Å². The molecule has 5 heteroatoms. The molecule has 1 unspecified atom stereocenters. The molecule has 98 valence electrons. The van der Waals surface area contributed by atoms with E-state index in [1.807, 2.05) is 18.2 Å². The molecule has 1 N–H and O–H groups in total. The highest BCUT2D eigenvalue weighted by Gasteiger charge is 2.07. The quantitative estimate of drug-likeness (QED) is 0.906. The van der Waals surface area contributed by atoms with Crippen molar-refractivity contribution in [3.8, 4) is 0 Å². The lowest BCUT2D eigenvalue weighted by molar-refractivity contribution is -0.136. The first-order chi connectivity index (χ1) is 9.15. The Kier molecular flexibility index (Phi) is 4.41. The monoisotopic (exact) mass is 275 g/mol. The van der Waals surface area contributed by atoms with Gasteiger partial charge in [0.1, 0.15) is 0 Å². The van der Waals surface area contributed by atoms with Crippen LogP contribution in [0.3, 0.4) is 0 Å². The lowest BCUT2D eigenvalue weighted by atomic mass is 10.2. The Balaban J connectivity index is 2.05. The highest BCUT2D eigenvalue weighted by molar-refractivity contribution is 7.84. The van der Waals surface area contributed by atoms with E-state index in [2.05, 4.69) is 4.98 Å². The summed E-state index contributed by atoms with van der Waals surface area (Å²) in [7, 11) is -1.17. The number of aromatic nitrogens is 1. The summed E-state index contributed by atoms with van der Waals surface area (Å²) in [5.41, 5.74) is 1.47. The first-order valence-electron chi connectivity index (χ1n) is 5.74. The van der Waals surface area contributed by atoms with Crippen molar-refractivity contribution in [1.29, 1.82) is 0 Å². The maximum absolute atomic E-state index is 12.1. The summed E-state index contributed by atoms with van der Waals surface area (Å²) in [4.78, 5) is 15.4. The summed E-state index contributed by atoms with van der Waals surface area (Å²) in [5.74, 6) is -0.513. The molecule has 19 heavy (non-hydrogen) atoms. The van der Waals surface area contributed by atoms with Crippen molar-refractivity contribution < 1.29 is 14.1 Å². The molecule has 0 aliphatic carbocycles. The van der Waals surface area contributed by atoms with Gasteiger partial charge in [-0.1, -0.05) is 18.2 Å². The standard InChI is InChI=1S/C14H13NO3S/c16-14(17)9-11-4-6-13(7-5-11)19(18)10-12-3-1-2-8-15-12/h1-8H,9-10H2,(H,16,17). The molecule has 1 aromatic heterocycles. The first kappa shape index (κ1) is 13.4. The van der Waals surface area contributed by atoms with Crippen LogP contribution in [-0.2, 0) is 27.8 Å². The predicted molar refractivity (Wildman–Crippen MR) is 72.1 cm³/mol. The Bertz CT molecular complexity index is 581. The van der Waals surface area contributed by atoms with E-state index in [0.29, 0.717) is 16.2 Å². The van der Waals surface area contributed by atoms with Gasteiger partial charge in [0.25, 0.3) is 0 Å². The van der Waals surface area contributed by atoms with Crippen molar-refractivity contribution in [1.82, 2.24) is 4.98 Å². The normalized spacial score (nSPS) is 12.0. The maximum atomic E-state index is 12.1. The fourth-order valence-corrected chi connectivity index (χ4v) is 2.68. The Labute approximate surface area is 113 Å². The van der Waals surface area contributed by atoms with Gasteiger partial charge in [0, 0.05) is 11.1 Å². The van der Waals surface area contributed by atoms with Crippen molar-refractivity contribution in [2.45, 2.75) is 17.1 Å². The predicted octanol–water partition coefficient (Wildman–Crippen LogP) is 2.02. The zero-order valence-corrected chi connectivity index (χ0v) is 11.0. The van der Waals surface area contributed by atoms with Crippen molar-refractivity contribution >= 4 is 16.8 Å². The zero-order chi connectivity index (χ0) is 13.7. The van der Waals surface area contributed by atoms with Gasteiger partial charge in [0.2, 0.25) is 0 Å². The number of carboxylic acids is 1. The Morgan fingerprint density at radius 1 is 1.16 bits per heavy atom. The van der Waals surface area contributed by atoms with Crippen molar-refractivity contribution in [3.63, 3.8) is 0 Å². The van der Waals surface area contributed by atoms with Crippen LogP contribution >= 0.6 is 0 Å². The van der Waals surface area contributed by atoms with Crippen LogP contribution in [0.15, 0.2) is 53.6 Å². The second-order valence-corrected chi connectivity index (χ2v) is 5.48. The SMILES string of the molecule is O=C(O)Cc1ccc(S(=O)Cc2ccccn2)cc1. The third kappa shape index (κ3) is 3.99. The fraction of sp³-hybridized carbons (Fsp3) is 0.143. The van der Waals surface area contributed by atoms with E-state index in [-0.39, 0.29) is 6.42 Å². The molecule has 0 bridgehead atoms. The summed E-state index contributed by atoms with van der Waals surface area (Å²) in [6, 6.07) is 12.3. The number of hydrogen-bond donors (Lipinski definition) is 1. The van der Waals surface area contributed by atoms with Crippen molar-refractivity contribution in [2.24, 2.45) is 0 Å². The molecule has 0 saturated heterocycles. The molecule has 2 rings (SSSR count). The Morgan fingerprint density at radius 3 is 2.47 bits per heavy atom. The molecule has 1 atom stereocenters. The summed E-state index contributed by atoms with van der Waals surface area (Å²) >= 11 is 0. The van der Waals surface area contributed by atoms with E-state index in [1.54, 1.807) is 30.5 Å². The van der Waals surface area contributed by atoms with Gasteiger partial charge in [-0.2, -0.15) is 0 Å². The highest BCUT2D eigenvalue weighted by atomic mass is 32.2. The van der Waals surface area contributed by atoms with Crippen LogP contribution in [0.5, 0.6) is 0 Å². The Morgan fingerprint density at radius 2 is 1.89 bits per heavy atom. The van der Waals surface area contributed by atoms with Crippen LogP contribution < -0.4 is 0 Å². The number of aliphatic carboxylic acids is 1. The molecule has 0 amide bonds. The molecule has 0 aliphatic rings. The minimum absolute atomic E-state index is 0.0207. The fourth-order valence-electron chi connectivity index (χ4n) is 1.63. The number of hydrogen-bond acceptors (Lipinski definition) is 3. The minimum Gasteiger partial charge on any atom is -0.481 e. The minimum atomic E-state index is -1.17. The molecule has 0 spiro atoms. The highest BCUT2D eigenvalue weighted by Crippen LogP contribution is 2.12. The molecular weight excluding hydrogens is 262 g/mol. The number of nitrogens with zero attached hydrogens (tertiary/aromatic N) is 1. The van der Waals surface area contributed by atoms with Gasteiger partial charge < -0.3 is 5.11 Å². The first-order valence-corrected chi connectivity index (χ1v) is 7.06. The number of benzene rings is 1. The van der Waals surface area contributed by atoms with Gasteiger partial charge in [-0.3, -0.25) is 14.0 Å². The van der Waals surface area contributed by atoms with Crippen LogP contribution in [0.25, 0.3) is 0 Å². The van der Waals surface area contributed by atoms with Crippen LogP contribution in [0.2, 0.25) is 0 Å². The molecule has 0 saturated carbocycles. The average Bonchev–Trinajstić information content (AvgIpc) is 2.40. The molecular formula is C14H13NO3S. The van der Waals surface area contributed by atoms with Gasteiger partial charge in [-0.05, 0) is 29.8 Å². The topological polar surface area (TPSA) is 67.3 Å². The lowest BCUT2D eigenvalue weighted by Gasteiger charge is -2.03. The largest absolute Gasteiger partial charge is 0.481 e. The third-order valence-corrected chi connectivity index (χ3v) is 3.90. The number of rotatable bonds is 5. The van der Waals surface area contributed by atoms with Crippen LogP contribution in [-0.4, -0.2) is 20.3 Å². The smallest absolute Gasteiger partial charge is 0.307 e. The average molecular weight is 275 g/mol. The van der Waals surface area contributed by atoms with Crippen LogP contribution in [0.4, 0.5) is 0 Å². The summed E-state index contributed by atoms with van der Waals surface area (Å²) < 4.78 is 12.1. The van der Waals surface area contributed by atoms with Gasteiger partial charge in [0.15, 0.2) is 0 Å². The lowest BCUT2D eigenvalue weighted by Crippen LogP contribution is -2.01. The molecule has 0 fully saturated rings. The van der Waals surface area contributed by atoms with Gasteiger partial charge >= 0.3 is 5.97 Å². The maximum Gasteiger partial charge on any atom is 0.307 e. The molecule has 4 nitrogen and oxygen atoms in total. The van der Waals surface area contributed by atoms with Crippen LogP contribution in [0, 0.1) is 0 Å². The second-order valence-electron chi connectivity index (χ2n) is 4.03. The van der Waals surface area contributed by atoms with E-state index in [1.165, 1.54) is 0 Å². The van der Waals surface area contributed by atoms with Crippen molar-refractivity contribution in [2.75, 3.05) is 0 Å². The number of pyridine rings is 1. The summed E-state index contributed by atoms with van der Waals surface area (Å²) in [5, 5.41) is 8.67. The molecule has 0 radical (unpaired) electrons. The molecule has 1 aromatic carbocycles. The van der Waals surface area contributed by atoms with E-state index in [0.717, 1.165) is 5.69 Å². The molecule has 1 heterocycles. The summed E-state index contributed by atoms with van der Waals surface area (Å²) in [6.07, 6.45) is 1.65. The number of carbonyl (C=O) groups is 1. The number of carboxylic acid groups (broad SMARTS) is 1. The molecule has 2 aromatic rings. The van der Waals surface area contributed by atoms with Crippen molar-refractivity contribution in [3.05, 3.63) is 59.9 Å². The van der Waals surface area contributed by atoms with Gasteiger partial charge in [0.05, 0.1) is 28.7 Å². The van der Waals surface area contributed by atoms with E-state index >= 15 is 0 Å². The van der Waals surface area contributed by atoms with E-state index in [4.69, 9.17) is 5.11 Å². The second kappa shape index (κ2) is 6.24. The van der Waals surface area contributed by atoms with E-state index in [9.17, 15) is 9.00 Å². The van der Waals surface area contributed by atoms with Gasteiger partial charge in [-0.25, -0.2) is 0 Å². The van der Waals surface area contributed by atoms with E-state index < -0.39 is 16.8 Å². The summed E-state index contributed by atoms with van der Waals surface area (Å²) in [6.45, 7) is 0. The Hall–Kier alpha value is -2.01. The van der Waals surface area contributed by atoms with Gasteiger partial charge in [-0.15, -0.1) is 0 Å².